The van der Waals surface area contributed by atoms with Gasteiger partial charge >= 0.3 is 6.18 Å². The first-order valence-electron chi connectivity index (χ1n) is 9.26. The van der Waals surface area contributed by atoms with Gasteiger partial charge in [0.25, 0.3) is 5.91 Å². The molecular weight excluding hydrogens is 385 g/mol. The number of carbonyl (C=O) groups is 1. The Morgan fingerprint density at radius 1 is 1.17 bits per heavy atom. The third-order valence-corrected chi connectivity index (χ3v) is 5.49. The van der Waals surface area contributed by atoms with E-state index in [1.807, 2.05) is 24.3 Å². The lowest BCUT2D eigenvalue weighted by molar-refractivity contribution is -0.137. The van der Waals surface area contributed by atoms with Crippen LogP contribution < -0.4 is 9.47 Å². The Kier molecular flexibility index (Phi) is 4.90. The van der Waals surface area contributed by atoms with Crippen LogP contribution in [-0.4, -0.2) is 55.1 Å². The van der Waals surface area contributed by atoms with Crippen LogP contribution in [0.15, 0.2) is 42.5 Å². The maximum Gasteiger partial charge on any atom is 0.416 e. The quantitative estimate of drug-likeness (QED) is 0.783. The van der Waals surface area contributed by atoms with E-state index in [-0.39, 0.29) is 23.5 Å². The van der Waals surface area contributed by atoms with E-state index in [1.54, 1.807) is 14.2 Å². The van der Waals surface area contributed by atoms with E-state index in [4.69, 9.17) is 9.47 Å². The van der Waals surface area contributed by atoms with Gasteiger partial charge in [0.15, 0.2) is 0 Å². The van der Waals surface area contributed by atoms with Gasteiger partial charge in [0.05, 0.1) is 24.3 Å². The summed E-state index contributed by atoms with van der Waals surface area (Å²) in [6, 6.07) is 10.6. The van der Waals surface area contributed by atoms with Gasteiger partial charge in [0.1, 0.15) is 17.6 Å². The lowest BCUT2D eigenvalue weighted by Crippen LogP contribution is -2.44. The predicted octanol–water partition coefficient (Wildman–Crippen LogP) is 3.43. The summed E-state index contributed by atoms with van der Waals surface area (Å²) in [7, 11) is 3.23. The Balaban J connectivity index is 1.56. The number of nitrogens with zero attached hydrogens (tertiary/aromatic N) is 2. The van der Waals surface area contributed by atoms with Gasteiger partial charge in [-0.05, 0) is 35.9 Å². The third-order valence-electron chi connectivity index (χ3n) is 5.49. The van der Waals surface area contributed by atoms with Crippen LogP contribution in [0, 0.1) is 0 Å². The van der Waals surface area contributed by atoms with Crippen LogP contribution >= 0.6 is 0 Å². The maximum atomic E-state index is 13.0. The number of likely N-dealkylation sites (tertiary alicyclic amines) is 1. The molecule has 0 aromatic heterocycles. The number of hydrogen-bond acceptors (Lipinski definition) is 4. The predicted molar refractivity (Wildman–Crippen MR) is 100 cm³/mol. The van der Waals surface area contributed by atoms with Crippen molar-refractivity contribution >= 4 is 5.91 Å². The first kappa shape index (κ1) is 19.6. The standard InChI is InChI=1S/C21H21F3N2O3/c1-25-17-11-26(10-13-4-3-5-15(8-13)28-2)12-19(17)29-18-7-6-14(21(22,23)24)9-16(18)20(25)27/h3-9,17,19H,10-12H2,1-2H3/t17-,19+/m1/s1. The molecule has 29 heavy (non-hydrogen) atoms. The van der Waals surface area contributed by atoms with E-state index in [0.29, 0.717) is 19.6 Å². The molecule has 0 saturated carbocycles. The molecule has 8 heteroatoms. The van der Waals surface area contributed by atoms with Crippen LogP contribution in [0.4, 0.5) is 13.2 Å². The number of likely N-dealkylation sites (N-methyl/N-ethyl adjacent to an activating group) is 1. The number of benzene rings is 2. The fourth-order valence-corrected chi connectivity index (χ4v) is 3.96. The molecule has 0 unspecified atom stereocenters. The molecule has 2 heterocycles. The topological polar surface area (TPSA) is 42.0 Å². The average molecular weight is 406 g/mol. The van der Waals surface area contributed by atoms with Crippen LogP contribution in [-0.2, 0) is 12.7 Å². The Morgan fingerprint density at radius 2 is 1.97 bits per heavy atom. The summed E-state index contributed by atoms with van der Waals surface area (Å²) in [5.74, 6) is 0.515. The second kappa shape index (κ2) is 7.26. The first-order chi connectivity index (χ1) is 13.8. The highest BCUT2D eigenvalue weighted by molar-refractivity contribution is 5.97. The Morgan fingerprint density at radius 3 is 2.69 bits per heavy atom. The lowest BCUT2D eigenvalue weighted by Gasteiger charge is -2.25. The molecule has 5 nitrogen and oxygen atoms in total. The van der Waals surface area contributed by atoms with Crippen molar-refractivity contribution in [3.05, 3.63) is 59.2 Å². The molecule has 2 aliphatic rings. The van der Waals surface area contributed by atoms with Gasteiger partial charge in [-0.25, -0.2) is 0 Å². The Labute approximate surface area is 166 Å². The van der Waals surface area contributed by atoms with Crippen molar-refractivity contribution in [2.24, 2.45) is 0 Å². The van der Waals surface area contributed by atoms with Crippen molar-refractivity contribution in [1.82, 2.24) is 9.80 Å². The number of carbonyl (C=O) groups excluding carboxylic acids is 1. The lowest BCUT2D eigenvalue weighted by atomic mass is 10.1. The average Bonchev–Trinajstić information content (AvgIpc) is 3.04. The van der Waals surface area contributed by atoms with Gasteiger partial charge in [-0.1, -0.05) is 12.1 Å². The normalized spacial score (nSPS) is 22.0. The zero-order chi connectivity index (χ0) is 20.8. The number of hydrogen-bond donors (Lipinski definition) is 0. The Bertz CT molecular complexity index is 932. The van der Waals surface area contributed by atoms with Gasteiger partial charge in [0, 0.05) is 26.7 Å². The molecular formula is C21H21F3N2O3. The van der Waals surface area contributed by atoms with Gasteiger partial charge in [-0.3, -0.25) is 9.69 Å². The second-order valence-corrected chi connectivity index (χ2v) is 7.39. The van der Waals surface area contributed by atoms with E-state index in [9.17, 15) is 18.0 Å². The molecule has 4 rings (SSSR count). The summed E-state index contributed by atoms with van der Waals surface area (Å²) >= 11 is 0. The van der Waals surface area contributed by atoms with E-state index in [0.717, 1.165) is 23.4 Å². The van der Waals surface area contributed by atoms with Crippen LogP contribution in [0.1, 0.15) is 21.5 Å². The Hall–Kier alpha value is -2.74. The summed E-state index contributed by atoms with van der Waals surface area (Å²) < 4.78 is 50.4. The third kappa shape index (κ3) is 3.76. The summed E-state index contributed by atoms with van der Waals surface area (Å²) in [6.45, 7) is 1.81. The minimum Gasteiger partial charge on any atom is -0.497 e. The fraction of sp³-hybridized carbons (Fsp3) is 0.381. The molecule has 1 amide bonds. The van der Waals surface area contributed by atoms with E-state index in [1.165, 1.54) is 11.0 Å². The molecule has 0 radical (unpaired) electrons. The second-order valence-electron chi connectivity index (χ2n) is 7.39. The van der Waals surface area contributed by atoms with Crippen molar-refractivity contribution < 1.29 is 27.4 Å². The smallest absolute Gasteiger partial charge is 0.416 e. The summed E-state index contributed by atoms with van der Waals surface area (Å²) in [5.41, 5.74) is 0.175. The zero-order valence-corrected chi connectivity index (χ0v) is 16.1. The van der Waals surface area contributed by atoms with Crippen molar-refractivity contribution in [3.8, 4) is 11.5 Å². The molecule has 0 N–H and O–H groups in total. The molecule has 2 aromatic carbocycles. The minimum atomic E-state index is -4.51. The number of ether oxygens (including phenoxy) is 2. The minimum absolute atomic E-state index is 0.0453. The van der Waals surface area contributed by atoms with E-state index >= 15 is 0 Å². The first-order valence-corrected chi connectivity index (χ1v) is 9.26. The highest BCUT2D eigenvalue weighted by atomic mass is 19.4. The SMILES string of the molecule is COc1cccc(CN2C[C@@H]3Oc4ccc(C(F)(F)F)cc4C(=O)N(C)[C@@H]3C2)c1. The molecule has 154 valence electrons. The number of methoxy groups -OCH3 is 1. The van der Waals surface area contributed by atoms with Crippen LogP contribution in [0.2, 0.25) is 0 Å². The molecule has 2 atom stereocenters. The highest BCUT2D eigenvalue weighted by Crippen LogP contribution is 2.36. The number of amides is 1. The van der Waals surface area contributed by atoms with Gasteiger partial charge in [-0.2, -0.15) is 13.2 Å². The number of alkyl halides is 3. The zero-order valence-electron chi connectivity index (χ0n) is 16.1. The van der Waals surface area contributed by atoms with Crippen LogP contribution in [0.5, 0.6) is 11.5 Å². The molecule has 2 aliphatic heterocycles. The molecule has 0 aliphatic carbocycles. The maximum absolute atomic E-state index is 13.0. The largest absolute Gasteiger partial charge is 0.497 e. The summed E-state index contributed by atoms with van der Waals surface area (Å²) in [6.07, 6.45) is -4.82. The summed E-state index contributed by atoms with van der Waals surface area (Å²) in [5, 5.41) is 0. The van der Waals surface area contributed by atoms with E-state index < -0.39 is 17.6 Å². The van der Waals surface area contributed by atoms with Gasteiger partial charge < -0.3 is 14.4 Å². The highest BCUT2D eigenvalue weighted by Gasteiger charge is 2.43. The number of fused-ring (bicyclic) bond motifs is 2. The van der Waals surface area contributed by atoms with Crippen molar-refractivity contribution in [1.29, 1.82) is 0 Å². The molecule has 0 spiro atoms. The van der Waals surface area contributed by atoms with Crippen molar-refractivity contribution in [2.75, 3.05) is 27.2 Å². The molecule has 2 aromatic rings. The van der Waals surface area contributed by atoms with Crippen molar-refractivity contribution in [2.45, 2.75) is 24.9 Å². The number of halogens is 3. The summed E-state index contributed by atoms with van der Waals surface area (Å²) in [4.78, 5) is 16.5. The number of rotatable bonds is 3. The molecule has 1 fully saturated rings. The molecule has 0 bridgehead atoms. The monoisotopic (exact) mass is 406 g/mol. The molecule has 1 saturated heterocycles. The fourth-order valence-electron chi connectivity index (χ4n) is 3.96. The van der Waals surface area contributed by atoms with E-state index in [2.05, 4.69) is 4.90 Å². The van der Waals surface area contributed by atoms with Gasteiger partial charge in [-0.15, -0.1) is 0 Å². The van der Waals surface area contributed by atoms with Crippen LogP contribution in [0.3, 0.4) is 0 Å². The van der Waals surface area contributed by atoms with Crippen molar-refractivity contribution in [3.63, 3.8) is 0 Å². The van der Waals surface area contributed by atoms with Gasteiger partial charge in [0.2, 0.25) is 0 Å². The van der Waals surface area contributed by atoms with Crippen LogP contribution in [0.25, 0.3) is 0 Å².